The molecule has 0 bridgehead atoms. The molecular weight excluding hydrogens is 194 g/mol. The Morgan fingerprint density at radius 1 is 1.60 bits per heavy atom. The van der Waals surface area contributed by atoms with Gasteiger partial charge in [0.2, 0.25) is 5.91 Å². The molecule has 84 valence electrons. The lowest BCUT2D eigenvalue weighted by Gasteiger charge is -2.33. The largest absolute Gasteiger partial charge is 0.395 e. The highest BCUT2D eigenvalue weighted by Gasteiger charge is 2.23. The average Bonchev–Trinajstić information content (AvgIpc) is 2.27. The Labute approximate surface area is 89.7 Å². The first-order valence-corrected chi connectivity index (χ1v) is 5.26. The van der Waals surface area contributed by atoms with Crippen molar-refractivity contribution in [3.05, 3.63) is 0 Å². The zero-order chi connectivity index (χ0) is 11.1. The van der Waals surface area contributed by atoms with E-state index < -0.39 is 0 Å². The van der Waals surface area contributed by atoms with Crippen LogP contribution in [0.25, 0.3) is 0 Å². The number of nitrogens with zero attached hydrogens (tertiary/aromatic N) is 2. The van der Waals surface area contributed by atoms with Crippen molar-refractivity contribution in [2.75, 3.05) is 26.2 Å². The van der Waals surface area contributed by atoms with Crippen LogP contribution in [0.3, 0.4) is 0 Å². The van der Waals surface area contributed by atoms with Crippen molar-refractivity contribution in [2.24, 2.45) is 0 Å². The fraction of sp³-hybridized carbons (Fsp3) is 0.800. The molecule has 2 N–H and O–H groups in total. The summed E-state index contributed by atoms with van der Waals surface area (Å²) in [6, 6.07) is 1.96. The molecule has 0 saturated carbocycles. The Hall–Kier alpha value is -1.12. The highest BCUT2D eigenvalue weighted by molar-refractivity contribution is 5.78. The van der Waals surface area contributed by atoms with Gasteiger partial charge in [-0.05, 0) is 19.4 Å². The number of hydrogen-bond donors (Lipinski definition) is 2. The first kappa shape index (κ1) is 12.0. The SMILES string of the molecule is N#CCNC(=O)CN1CCCC[C@@H]1CO. The quantitative estimate of drug-likeness (QED) is 0.613. The molecule has 0 unspecified atom stereocenters. The number of aliphatic hydroxyl groups is 1. The fourth-order valence-corrected chi connectivity index (χ4v) is 1.85. The van der Waals surface area contributed by atoms with E-state index in [1.54, 1.807) is 0 Å². The van der Waals surface area contributed by atoms with Gasteiger partial charge in [0.1, 0.15) is 6.54 Å². The second-order valence-corrected chi connectivity index (χ2v) is 3.74. The fourth-order valence-electron chi connectivity index (χ4n) is 1.85. The molecule has 0 aromatic heterocycles. The van der Waals surface area contributed by atoms with Crippen LogP contribution in [-0.2, 0) is 4.79 Å². The number of amides is 1. The van der Waals surface area contributed by atoms with Gasteiger partial charge in [-0.25, -0.2) is 0 Å². The molecule has 5 nitrogen and oxygen atoms in total. The predicted molar refractivity (Wildman–Crippen MR) is 54.9 cm³/mol. The highest BCUT2D eigenvalue weighted by Crippen LogP contribution is 2.15. The van der Waals surface area contributed by atoms with Gasteiger partial charge < -0.3 is 10.4 Å². The van der Waals surface area contributed by atoms with E-state index >= 15 is 0 Å². The number of aliphatic hydroxyl groups excluding tert-OH is 1. The molecule has 1 saturated heterocycles. The predicted octanol–water partition coefficient (Wildman–Crippen LogP) is -0.527. The molecule has 0 spiro atoms. The Bertz CT molecular complexity index is 250. The van der Waals surface area contributed by atoms with E-state index in [2.05, 4.69) is 5.32 Å². The summed E-state index contributed by atoms with van der Waals surface area (Å²) in [5, 5.41) is 19.9. The molecule has 1 aliphatic heterocycles. The van der Waals surface area contributed by atoms with Crippen molar-refractivity contribution in [3.8, 4) is 6.07 Å². The standard InChI is InChI=1S/C10H17N3O2/c11-4-5-12-10(15)7-13-6-2-1-3-9(13)8-14/h9,14H,1-3,5-8H2,(H,12,15)/t9-/m1/s1. The van der Waals surface area contributed by atoms with Crippen LogP contribution in [0.1, 0.15) is 19.3 Å². The number of rotatable bonds is 4. The molecule has 1 fully saturated rings. The van der Waals surface area contributed by atoms with Crippen molar-refractivity contribution in [2.45, 2.75) is 25.3 Å². The van der Waals surface area contributed by atoms with Gasteiger partial charge in [0.15, 0.2) is 0 Å². The zero-order valence-corrected chi connectivity index (χ0v) is 8.78. The topological polar surface area (TPSA) is 76.4 Å². The molecule has 5 heteroatoms. The van der Waals surface area contributed by atoms with Crippen LogP contribution in [0.2, 0.25) is 0 Å². The minimum absolute atomic E-state index is 0.0520. The van der Waals surface area contributed by atoms with Crippen LogP contribution in [0.5, 0.6) is 0 Å². The van der Waals surface area contributed by atoms with E-state index in [-0.39, 0.29) is 31.6 Å². The van der Waals surface area contributed by atoms with E-state index in [4.69, 9.17) is 10.4 Å². The zero-order valence-electron chi connectivity index (χ0n) is 8.78. The van der Waals surface area contributed by atoms with Crippen LogP contribution >= 0.6 is 0 Å². The minimum atomic E-state index is -0.142. The summed E-state index contributed by atoms with van der Waals surface area (Å²) in [5.41, 5.74) is 0. The van der Waals surface area contributed by atoms with E-state index in [0.717, 1.165) is 25.8 Å². The van der Waals surface area contributed by atoms with Crippen molar-refractivity contribution < 1.29 is 9.90 Å². The Kier molecular flexibility index (Phi) is 5.08. The summed E-state index contributed by atoms with van der Waals surface area (Å²) in [7, 11) is 0. The van der Waals surface area contributed by atoms with Gasteiger partial charge in [0.05, 0.1) is 19.2 Å². The number of nitriles is 1. The van der Waals surface area contributed by atoms with Gasteiger partial charge in [-0.1, -0.05) is 6.42 Å². The maximum absolute atomic E-state index is 11.3. The monoisotopic (exact) mass is 211 g/mol. The van der Waals surface area contributed by atoms with E-state index in [1.165, 1.54) is 0 Å². The lowest BCUT2D eigenvalue weighted by molar-refractivity contribution is -0.123. The normalized spacial score (nSPS) is 22.0. The number of hydrogen-bond acceptors (Lipinski definition) is 4. The summed E-state index contributed by atoms with van der Waals surface area (Å²) in [5.74, 6) is -0.142. The summed E-state index contributed by atoms with van der Waals surface area (Å²) in [4.78, 5) is 13.3. The van der Waals surface area contributed by atoms with Crippen LogP contribution in [0.4, 0.5) is 0 Å². The van der Waals surface area contributed by atoms with Crippen LogP contribution in [0.15, 0.2) is 0 Å². The Balaban J connectivity index is 2.34. The van der Waals surface area contributed by atoms with Gasteiger partial charge in [0, 0.05) is 6.04 Å². The molecule has 0 aliphatic carbocycles. The number of carbonyl (C=O) groups is 1. The van der Waals surface area contributed by atoms with Crippen LogP contribution in [0, 0.1) is 11.3 Å². The molecule has 1 atom stereocenters. The molecular formula is C10H17N3O2. The molecule has 0 aromatic carbocycles. The number of likely N-dealkylation sites (tertiary alicyclic amines) is 1. The third-order valence-corrected chi connectivity index (χ3v) is 2.67. The lowest BCUT2D eigenvalue weighted by Crippen LogP contribution is -2.47. The van der Waals surface area contributed by atoms with E-state index in [0.29, 0.717) is 0 Å². The smallest absolute Gasteiger partial charge is 0.235 e. The molecule has 1 rings (SSSR count). The molecule has 0 radical (unpaired) electrons. The van der Waals surface area contributed by atoms with Crippen molar-refractivity contribution in [1.82, 2.24) is 10.2 Å². The summed E-state index contributed by atoms with van der Waals surface area (Å²) >= 11 is 0. The number of piperidine rings is 1. The highest BCUT2D eigenvalue weighted by atomic mass is 16.3. The first-order valence-electron chi connectivity index (χ1n) is 5.26. The molecule has 1 heterocycles. The van der Waals surface area contributed by atoms with E-state index in [9.17, 15) is 4.79 Å². The summed E-state index contributed by atoms with van der Waals surface area (Å²) in [6.45, 7) is 1.29. The lowest BCUT2D eigenvalue weighted by atomic mass is 10.0. The molecule has 15 heavy (non-hydrogen) atoms. The van der Waals surface area contributed by atoms with Gasteiger partial charge in [0.25, 0.3) is 0 Å². The number of carbonyl (C=O) groups excluding carboxylic acids is 1. The van der Waals surface area contributed by atoms with Gasteiger partial charge in [-0.2, -0.15) is 5.26 Å². The second-order valence-electron chi connectivity index (χ2n) is 3.74. The summed E-state index contributed by atoms with van der Waals surface area (Å²) < 4.78 is 0. The Morgan fingerprint density at radius 3 is 3.07 bits per heavy atom. The van der Waals surface area contributed by atoms with Crippen molar-refractivity contribution in [3.63, 3.8) is 0 Å². The maximum Gasteiger partial charge on any atom is 0.235 e. The third kappa shape index (κ3) is 3.86. The molecule has 0 aromatic rings. The molecule has 1 aliphatic rings. The van der Waals surface area contributed by atoms with E-state index in [1.807, 2.05) is 11.0 Å². The van der Waals surface area contributed by atoms with Crippen molar-refractivity contribution >= 4 is 5.91 Å². The van der Waals surface area contributed by atoms with Gasteiger partial charge >= 0.3 is 0 Å². The average molecular weight is 211 g/mol. The summed E-state index contributed by atoms with van der Waals surface area (Å²) in [6.07, 6.45) is 3.13. The third-order valence-electron chi connectivity index (χ3n) is 2.67. The molecule has 1 amide bonds. The van der Waals surface area contributed by atoms with Crippen LogP contribution in [-0.4, -0.2) is 48.2 Å². The van der Waals surface area contributed by atoms with Crippen LogP contribution < -0.4 is 5.32 Å². The Morgan fingerprint density at radius 2 is 2.40 bits per heavy atom. The first-order chi connectivity index (χ1) is 7.27. The number of nitrogens with one attached hydrogen (secondary N) is 1. The second kappa shape index (κ2) is 6.38. The van der Waals surface area contributed by atoms with Crippen molar-refractivity contribution in [1.29, 1.82) is 5.26 Å². The van der Waals surface area contributed by atoms with Gasteiger partial charge in [-0.15, -0.1) is 0 Å². The van der Waals surface area contributed by atoms with Gasteiger partial charge in [-0.3, -0.25) is 9.69 Å². The maximum atomic E-state index is 11.3. The minimum Gasteiger partial charge on any atom is -0.395 e.